The van der Waals surface area contributed by atoms with E-state index >= 15 is 0 Å². The van der Waals surface area contributed by atoms with Crippen molar-refractivity contribution in [2.75, 3.05) is 13.1 Å². The van der Waals surface area contributed by atoms with Crippen molar-refractivity contribution in [2.45, 2.75) is 13.0 Å². The molecule has 0 spiro atoms. The number of carbonyl (C=O) groups excluding carboxylic acids is 1. The summed E-state index contributed by atoms with van der Waals surface area (Å²) in [6, 6.07) is 17.5. The van der Waals surface area contributed by atoms with Crippen LogP contribution in [0, 0.1) is 0 Å². The van der Waals surface area contributed by atoms with Crippen LogP contribution in [0.5, 0.6) is 0 Å². The zero-order chi connectivity index (χ0) is 18.6. The molecule has 1 amide bonds. The predicted octanol–water partition coefficient (Wildman–Crippen LogP) is 3.31. The summed E-state index contributed by atoms with van der Waals surface area (Å²) in [5.74, 6) is 0.389. The van der Waals surface area contributed by atoms with E-state index in [1.807, 2.05) is 41.3 Å². The summed E-state index contributed by atoms with van der Waals surface area (Å²) in [5.41, 5.74) is 3.19. The van der Waals surface area contributed by atoms with E-state index in [9.17, 15) is 4.79 Å². The van der Waals surface area contributed by atoms with Crippen molar-refractivity contribution in [3.63, 3.8) is 0 Å². The summed E-state index contributed by atoms with van der Waals surface area (Å²) in [6.07, 6.45) is 2.95. The first kappa shape index (κ1) is 17.4. The van der Waals surface area contributed by atoms with Crippen molar-refractivity contribution in [1.82, 2.24) is 25.1 Å². The lowest BCUT2D eigenvalue weighted by atomic mass is 9.99. The fraction of sp³-hybridized carbons (Fsp3) is 0.200. The van der Waals surface area contributed by atoms with Crippen molar-refractivity contribution < 1.29 is 4.79 Å². The van der Waals surface area contributed by atoms with Crippen molar-refractivity contribution >= 4 is 23.1 Å². The van der Waals surface area contributed by atoms with Crippen LogP contribution in [0.15, 0.2) is 60.7 Å². The van der Waals surface area contributed by atoms with Gasteiger partial charge in [-0.3, -0.25) is 4.79 Å². The molecule has 1 aromatic heterocycles. The molecule has 3 aromatic rings. The number of tetrazole rings is 1. The number of carbonyl (C=O) groups is 1. The van der Waals surface area contributed by atoms with E-state index < -0.39 is 0 Å². The van der Waals surface area contributed by atoms with Gasteiger partial charge in [-0.25, -0.2) is 0 Å². The lowest BCUT2D eigenvalue weighted by Gasteiger charge is -2.26. The second-order valence-corrected chi connectivity index (χ2v) is 6.72. The van der Waals surface area contributed by atoms with Gasteiger partial charge in [0.25, 0.3) is 0 Å². The molecule has 1 aliphatic rings. The van der Waals surface area contributed by atoms with Gasteiger partial charge in [-0.1, -0.05) is 60.1 Å². The first-order valence-electron chi connectivity index (χ1n) is 8.75. The molecule has 0 radical (unpaired) electrons. The monoisotopic (exact) mass is 379 g/mol. The average molecular weight is 380 g/mol. The van der Waals surface area contributed by atoms with Gasteiger partial charge in [0.1, 0.15) is 6.54 Å². The van der Waals surface area contributed by atoms with E-state index in [-0.39, 0.29) is 12.5 Å². The Labute approximate surface area is 162 Å². The van der Waals surface area contributed by atoms with Crippen LogP contribution in [0.3, 0.4) is 0 Å². The Bertz CT molecular complexity index is 983. The molecule has 6 nitrogen and oxygen atoms in total. The third-order valence-corrected chi connectivity index (χ3v) is 4.88. The molecule has 0 aliphatic carbocycles. The largest absolute Gasteiger partial charge is 0.337 e. The molecule has 4 rings (SSSR count). The highest BCUT2D eigenvalue weighted by molar-refractivity contribution is 6.33. The average Bonchev–Trinajstić information content (AvgIpc) is 3.17. The molecule has 27 heavy (non-hydrogen) atoms. The van der Waals surface area contributed by atoms with E-state index in [1.165, 1.54) is 15.9 Å². The smallest absolute Gasteiger partial charge is 0.246 e. The fourth-order valence-electron chi connectivity index (χ4n) is 3.09. The molecule has 0 bridgehead atoms. The number of hydrogen-bond acceptors (Lipinski definition) is 4. The number of benzene rings is 2. The van der Waals surface area contributed by atoms with Gasteiger partial charge in [0, 0.05) is 18.7 Å². The Balaban J connectivity index is 1.41. The second kappa shape index (κ2) is 7.72. The minimum absolute atomic E-state index is 0.0264. The number of amides is 1. The van der Waals surface area contributed by atoms with Gasteiger partial charge < -0.3 is 4.90 Å². The maximum absolute atomic E-state index is 12.6. The van der Waals surface area contributed by atoms with Crippen LogP contribution in [0.25, 0.3) is 17.0 Å². The van der Waals surface area contributed by atoms with Crippen LogP contribution in [-0.4, -0.2) is 44.1 Å². The summed E-state index contributed by atoms with van der Waals surface area (Å²) in [7, 11) is 0. The SMILES string of the molecule is O=C(Cn1nnc(-c2ccccc2Cl)n1)N1CC=C(c2ccccc2)CC1. The summed E-state index contributed by atoms with van der Waals surface area (Å²) in [6.45, 7) is 1.34. The topological polar surface area (TPSA) is 63.9 Å². The first-order chi connectivity index (χ1) is 13.2. The molecular weight excluding hydrogens is 362 g/mol. The van der Waals surface area contributed by atoms with E-state index in [0.717, 1.165) is 6.42 Å². The molecule has 0 saturated heterocycles. The van der Waals surface area contributed by atoms with Gasteiger partial charge in [0.05, 0.1) is 5.02 Å². The van der Waals surface area contributed by atoms with E-state index in [2.05, 4.69) is 33.6 Å². The van der Waals surface area contributed by atoms with Gasteiger partial charge in [0.15, 0.2) is 0 Å². The van der Waals surface area contributed by atoms with Crippen LogP contribution in [0.4, 0.5) is 0 Å². The number of halogens is 1. The maximum Gasteiger partial charge on any atom is 0.246 e. The van der Waals surface area contributed by atoms with E-state index in [0.29, 0.717) is 29.5 Å². The lowest BCUT2D eigenvalue weighted by molar-refractivity contribution is -0.131. The Morgan fingerprint density at radius 3 is 2.59 bits per heavy atom. The van der Waals surface area contributed by atoms with Crippen LogP contribution < -0.4 is 0 Å². The highest BCUT2D eigenvalue weighted by Gasteiger charge is 2.19. The number of aromatic nitrogens is 4. The predicted molar refractivity (Wildman–Crippen MR) is 104 cm³/mol. The van der Waals surface area contributed by atoms with Crippen LogP contribution in [0.1, 0.15) is 12.0 Å². The zero-order valence-corrected chi connectivity index (χ0v) is 15.4. The molecule has 0 atom stereocenters. The second-order valence-electron chi connectivity index (χ2n) is 6.31. The van der Waals surface area contributed by atoms with E-state index in [1.54, 1.807) is 6.07 Å². The quantitative estimate of drug-likeness (QED) is 0.697. The van der Waals surface area contributed by atoms with Gasteiger partial charge in [-0.15, -0.1) is 10.2 Å². The number of hydrogen-bond donors (Lipinski definition) is 0. The molecule has 0 N–H and O–H groups in total. The Hall–Kier alpha value is -2.99. The normalized spacial score (nSPS) is 14.1. The van der Waals surface area contributed by atoms with Crippen molar-refractivity contribution in [2.24, 2.45) is 0 Å². The number of rotatable bonds is 4. The minimum atomic E-state index is -0.0264. The molecule has 2 heterocycles. The van der Waals surface area contributed by atoms with Gasteiger partial charge in [0.2, 0.25) is 11.7 Å². The molecule has 136 valence electrons. The van der Waals surface area contributed by atoms with Gasteiger partial charge in [-0.05, 0) is 34.9 Å². The fourth-order valence-corrected chi connectivity index (χ4v) is 3.31. The third-order valence-electron chi connectivity index (χ3n) is 4.55. The highest BCUT2D eigenvalue weighted by atomic mass is 35.5. The zero-order valence-electron chi connectivity index (χ0n) is 14.6. The summed E-state index contributed by atoms with van der Waals surface area (Å²) < 4.78 is 0. The van der Waals surface area contributed by atoms with Gasteiger partial charge in [-0.2, -0.15) is 4.80 Å². The molecule has 1 aliphatic heterocycles. The Morgan fingerprint density at radius 1 is 1.07 bits per heavy atom. The van der Waals surface area contributed by atoms with Crippen molar-refractivity contribution in [1.29, 1.82) is 0 Å². The molecule has 0 unspecified atom stereocenters. The summed E-state index contributed by atoms with van der Waals surface area (Å²) in [4.78, 5) is 15.7. The molecule has 0 fully saturated rings. The molecule has 2 aromatic carbocycles. The van der Waals surface area contributed by atoms with Crippen molar-refractivity contribution in [3.05, 3.63) is 71.3 Å². The standard InChI is InChI=1S/C20H18ClN5O/c21-18-9-5-4-8-17(18)20-22-24-26(23-20)14-19(27)25-12-10-16(11-13-25)15-6-2-1-3-7-15/h1-10H,11-14H2. The van der Waals surface area contributed by atoms with E-state index in [4.69, 9.17) is 11.6 Å². The highest BCUT2D eigenvalue weighted by Crippen LogP contribution is 2.24. The Morgan fingerprint density at radius 2 is 1.85 bits per heavy atom. The van der Waals surface area contributed by atoms with Gasteiger partial charge >= 0.3 is 0 Å². The van der Waals surface area contributed by atoms with Crippen LogP contribution in [0.2, 0.25) is 5.02 Å². The maximum atomic E-state index is 12.6. The molecular formula is C20H18ClN5O. The summed E-state index contributed by atoms with van der Waals surface area (Å²) in [5, 5.41) is 12.8. The Kier molecular flexibility index (Phi) is 4.98. The molecule has 0 saturated carbocycles. The molecule has 7 heteroatoms. The third kappa shape index (κ3) is 3.90. The van der Waals surface area contributed by atoms with Crippen LogP contribution in [-0.2, 0) is 11.3 Å². The lowest BCUT2D eigenvalue weighted by Crippen LogP contribution is -2.37. The van der Waals surface area contributed by atoms with Crippen molar-refractivity contribution in [3.8, 4) is 11.4 Å². The number of nitrogens with zero attached hydrogens (tertiary/aromatic N) is 5. The first-order valence-corrected chi connectivity index (χ1v) is 9.13. The minimum Gasteiger partial charge on any atom is -0.337 e. The van der Waals surface area contributed by atoms with Crippen LogP contribution >= 0.6 is 11.6 Å². The summed E-state index contributed by atoms with van der Waals surface area (Å²) >= 11 is 6.16.